The number of nitrogens with one attached hydrogen (secondary N) is 2. The second-order valence-electron chi connectivity index (χ2n) is 6.36. The third kappa shape index (κ3) is 3.55. The average Bonchev–Trinajstić information content (AvgIpc) is 2.60. The molecule has 1 aromatic heterocycles. The largest absolute Gasteiger partial charge is 0.323 e. The van der Waals surface area contributed by atoms with Gasteiger partial charge in [-0.15, -0.1) is 0 Å². The van der Waals surface area contributed by atoms with Gasteiger partial charge in [-0.05, 0) is 29.7 Å². The van der Waals surface area contributed by atoms with Crippen LogP contribution < -0.4 is 16.2 Å². The van der Waals surface area contributed by atoms with Crippen LogP contribution in [-0.4, -0.2) is 10.6 Å². The Labute approximate surface area is 146 Å². The monoisotopic (exact) mass is 335 g/mol. The van der Waals surface area contributed by atoms with E-state index in [1.165, 1.54) is 10.1 Å². The number of aromatic nitrogens is 1. The summed E-state index contributed by atoms with van der Waals surface area (Å²) < 4.78 is 1.47. The fourth-order valence-corrected chi connectivity index (χ4v) is 2.75. The van der Waals surface area contributed by atoms with Gasteiger partial charge in [0.25, 0.3) is 5.56 Å². The number of anilines is 2. The number of carbonyl (C=O) groups is 1. The van der Waals surface area contributed by atoms with E-state index in [1.54, 1.807) is 19.3 Å². The Bertz CT molecular complexity index is 972. The molecule has 0 spiro atoms. The van der Waals surface area contributed by atoms with Crippen LogP contribution in [0.15, 0.2) is 59.5 Å². The Morgan fingerprint density at radius 3 is 2.24 bits per heavy atom. The highest BCUT2D eigenvalue weighted by atomic mass is 16.2. The van der Waals surface area contributed by atoms with Crippen molar-refractivity contribution in [2.75, 3.05) is 10.6 Å². The molecule has 2 amide bonds. The van der Waals surface area contributed by atoms with Crippen LogP contribution in [0.2, 0.25) is 0 Å². The Morgan fingerprint density at radius 2 is 1.60 bits per heavy atom. The first-order valence-electron chi connectivity index (χ1n) is 8.22. The molecule has 5 nitrogen and oxygen atoms in total. The molecule has 2 aromatic carbocycles. The van der Waals surface area contributed by atoms with Gasteiger partial charge in [-0.3, -0.25) is 4.79 Å². The number of amides is 2. The molecule has 2 N–H and O–H groups in total. The summed E-state index contributed by atoms with van der Waals surface area (Å²) in [4.78, 5) is 24.5. The normalized spacial score (nSPS) is 10.9. The van der Waals surface area contributed by atoms with Crippen LogP contribution >= 0.6 is 0 Å². The van der Waals surface area contributed by atoms with Gasteiger partial charge in [0.1, 0.15) is 0 Å². The van der Waals surface area contributed by atoms with Crippen LogP contribution in [0.3, 0.4) is 0 Å². The quantitative estimate of drug-likeness (QED) is 0.749. The predicted molar refractivity (Wildman–Crippen MR) is 102 cm³/mol. The summed E-state index contributed by atoms with van der Waals surface area (Å²) in [6, 6.07) is 14.7. The van der Waals surface area contributed by atoms with Crippen molar-refractivity contribution in [2.45, 2.75) is 19.8 Å². The third-order valence-corrected chi connectivity index (χ3v) is 4.17. The first-order chi connectivity index (χ1) is 12.0. The molecule has 0 unspecified atom stereocenters. The Kier molecular flexibility index (Phi) is 4.57. The van der Waals surface area contributed by atoms with Gasteiger partial charge in [0, 0.05) is 29.7 Å². The summed E-state index contributed by atoms with van der Waals surface area (Å²) in [6.45, 7) is 4.25. The topological polar surface area (TPSA) is 63.1 Å². The maximum atomic E-state index is 12.3. The minimum Gasteiger partial charge on any atom is -0.316 e. The highest BCUT2D eigenvalue weighted by Crippen LogP contribution is 2.21. The number of urea groups is 1. The molecule has 3 rings (SSSR count). The Balaban J connectivity index is 1.83. The molecule has 0 atom stereocenters. The summed E-state index contributed by atoms with van der Waals surface area (Å²) in [7, 11) is 1.67. The molecule has 0 fully saturated rings. The van der Waals surface area contributed by atoms with Crippen LogP contribution in [0.25, 0.3) is 10.8 Å². The molecule has 0 radical (unpaired) electrons. The van der Waals surface area contributed by atoms with Gasteiger partial charge in [-0.2, -0.15) is 0 Å². The number of pyridine rings is 1. The van der Waals surface area contributed by atoms with Crippen molar-refractivity contribution in [1.82, 2.24) is 4.57 Å². The zero-order valence-corrected chi connectivity index (χ0v) is 14.5. The predicted octanol–water partition coefficient (Wildman–Crippen LogP) is 4.31. The van der Waals surface area contributed by atoms with Crippen LogP contribution in [0, 0.1) is 0 Å². The fourth-order valence-electron chi connectivity index (χ4n) is 2.75. The van der Waals surface area contributed by atoms with Gasteiger partial charge >= 0.3 is 6.03 Å². The third-order valence-electron chi connectivity index (χ3n) is 4.17. The number of rotatable bonds is 3. The number of carbonyl (C=O) groups excluding carboxylic acids is 1. The number of aryl methyl sites for hydroxylation is 1. The summed E-state index contributed by atoms with van der Waals surface area (Å²) in [5, 5.41) is 6.94. The smallest absolute Gasteiger partial charge is 0.316 e. The molecule has 0 aliphatic heterocycles. The Morgan fingerprint density at radius 1 is 0.960 bits per heavy atom. The SMILES string of the molecule is CC(C)c1ccc(NC(=O)Nc2cn(C)c(=O)c3ccccc23)cc1. The summed E-state index contributed by atoms with van der Waals surface area (Å²) >= 11 is 0. The van der Waals surface area contributed by atoms with Crippen molar-refractivity contribution >= 4 is 28.2 Å². The lowest BCUT2D eigenvalue weighted by Crippen LogP contribution is -2.23. The van der Waals surface area contributed by atoms with Crippen molar-refractivity contribution in [3.63, 3.8) is 0 Å². The Hall–Kier alpha value is -3.08. The van der Waals surface area contributed by atoms with Gasteiger partial charge in [-0.1, -0.05) is 44.2 Å². The highest BCUT2D eigenvalue weighted by Gasteiger charge is 2.10. The van der Waals surface area contributed by atoms with Crippen molar-refractivity contribution in [3.8, 4) is 0 Å². The minimum atomic E-state index is -0.346. The van der Waals surface area contributed by atoms with Crippen LogP contribution in [0.5, 0.6) is 0 Å². The van der Waals surface area contributed by atoms with E-state index in [9.17, 15) is 9.59 Å². The van der Waals surface area contributed by atoms with E-state index in [0.717, 1.165) is 11.1 Å². The molecule has 0 bridgehead atoms. The van der Waals surface area contributed by atoms with Gasteiger partial charge < -0.3 is 15.2 Å². The first kappa shape index (κ1) is 16.8. The second kappa shape index (κ2) is 6.81. The minimum absolute atomic E-state index is 0.0918. The number of fused-ring (bicyclic) bond motifs is 1. The van der Waals surface area contributed by atoms with E-state index >= 15 is 0 Å². The average molecular weight is 335 g/mol. The molecular weight excluding hydrogens is 314 g/mol. The highest BCUT2D eigenvalue weighted by molar-refractivity contribution is 6.05. The standard InChI is InChI=1S/C20H21N3O2/c1-13(2)14-8-10-15(11-9-14)21-20(25)22-18-12-23(3)19(24)17-7-5-4-6-16(17)18/h4-13H,1-3H3,(H2,21,22,25). The molecule has 0 aliphatic rings. The molecule has 5 heteroatoms. The molecule has 0 saturated heterocycles. The molecule has 25 heavy (non-hydrogen) atoms. The van der Waals surface area contributed by atoms with Crippen LogP contribution in [-0.2, 0) is 7.05 Å². The molecule has 0 saturated carbocycles. The number of hydrogen-bond donors (Lipinski definition) is 2. The van der Waals surface area contributed by atoms with Crippen LogP contribution in [0.4, 0.5) is 16.2 Å². The lowest BCUT2D eigenvalue weighted by atomic mass is 10.0. The molecule has 3 aromatic rings. The van der Waals surface area contributed by atoms with E-state index in [2.05, 4.69) is 24.5 Å². The maximum absolute atomic E-state index is 12.3. The summed E-state index contributed by atoms with van der Waals surface area (Å²) in [6.07, 6.45) is 1.63. The zero-order valence-electron chi connectivity index (χ0n) is 14.5. The van der Waals surface area contributed by atoms with E-state index in [-0.39, 0.29) is 11.6 Å². The van der Waals surface area contributed by atoms with E-state index in [1.807, 2.05) is 42.5 Å². The zero-order chi connectivity index (χ0) is 18.0. The maximum Gasteiger partial charge on any atom is 0.323 e. The van der Waals surface area contributed by atoms with Gasteiger partial charge in [-0.25, -0.2) is 4.79 Å². The second-order valence-corrected chi connectivity index (χ2v) is 6.36. The molecule has 1 heterocycles. The number of hydrogen-bond acceptors (Lipinski definition) is 2. The van der Waals surface area contributed by atoms with Gasteiger partial charge in [0.15, 0.2) is 0 Å². The molecular formula is C20H21N3O2. The lowest BCUT2D eigenvalue weighted by Gasteiger charge is -2.12. The van der Waals surface area contributed by atoms with Crippen molar-refractivity contribution in [2.24, 2.45) is 7.05 Å². The number of benzene rings is 2. The van der Waals surface area contributed by atoms with Crippen molar-refractivity contribution in [1.29, 1.82) is 0 Å². The van der Waals surface area contributed by atoms with E-state index in [0.29, 0.717) is 17.0 Å². The summed E-state index contributed by atoms with van der Waals surface area (Å²) in [5.41, 5.74) is 2.44. The van der Waals surface area contributed by atoms with E-state index < -0.39 is 0 Å². The lowest BCUT2D eigenvalue weighted by molar-refractivity contribution is 0.262. The number of nitrogens with zero attached hydrogens (tertiary/aromatic N) is 1. The van der Waals surface area contributed by atoms with Crippen LogP contribution in [0.1, 0.15) is 25.3 Å². The van der Waals surface area contributed by atoms with Gasteiger partial charge in [0.05, 0.1) is 5.69 Å². The summed E-state index contributed by atoms with van der Waals surface area (Å²) in [5.74, 6) is 0.444. The van der Waals surface area contributed by atoms with Crippen molar-refractivity contribution < 1.29 is 4.79 Å². The first-order valence-corrected chi connectivity index (χ1v) is 8.22. The molecule has 0 aliphatic carbocycles. The van der Waals surface area contributed by atoms with Crippen molar-refractivity contribution in [3.05, 3.63) is 70.6 Å². The fraction of sp³-hybridized carbons (Fsp3) is 0.200. The van der Waals surface area contributed by atoms with Gasteiger partial charge in [0.2, 0.25) is 0 Å². The van der Waals surface area contributed by atoms with E-state index in [4.69, 9.17) is 0 Å². The molecule has 128 valence electrons.